The molecule has 0 radical (unpaired) electrons. The number of hydrogen-bond donors (Lipinski definition) is 0. The summed E-state index contributed by atoms with van der Waals surface area (Å²) < 4.78 is 0. The summed E-state index contributed by atoms with van der Waals surface area (Å²) in [7, 11) is 0. The van der Waals surface area contributed by atoms with Crippen molar-refractivity contribution in [2.45, 2.75) is 19.3 Å². The van der Waals surface area contributed by atoms with E-state index >= 15 is 0 Å². The van der Waals surface area contributed by atoms with Crippen molar-refractivity contribution in [3.63, 3.8) is 0 Å². The van der Waals surface area contributed by atoms with E-state index in [2.05, 4.69) is 0 Å². The fourth-order valence-electron chi connectivity index (χ4n) is 1.99. The third-order valence-corrected chi connectivity index (χ3v) is 3.31. The van der Waals surface area contributed by atoms with Crippen molar-refractivity contribution in [2.24, 2.45) is 0 Å². The molecule has 0 heterocycles. The van der Waals surface area contributed by atoms with Crippen LogP contribution in [0.1, 0.15) is 29.8 Å². The Morgan fingerprint density at radius 1 is 0.789 bits per heavy atom. The molecule has 0 fully saturated rings. The van der Waals surface area contributed by atoms with Crippen molar-refractivity contribution >= 4 is 11.6 Å². The second-order valence-electron chi connectivity index (χ2n) is 5.02. The van der Waals surface area contributed by atoms with Gasteiger partial charge in [-0.2, -0.15) is 0 Å². The Bertz CT molecular complexity index is 583. The highest BCUT2D eigenvalue weighted by Gasteiger charge is 2.34. The minimum absolute atomic E-state index is 0.384. The number of carbonyl (C=O) groups is 2. The van der Waals surface area contributed by atoms with E-state index in [9.17, 15) is 9.59 Å². The Hall–Kier alpha value is -2.22. The molecule has 2 aromatic carbocycles. The molecule has 0 amide bonds. The molecule has 0 aliphatic carbocycles. The van der Waals surface area contributed by atoms with Gasteiger partial charge in [0.05, 0.1) is 5.41 Å². The van der Waals surface area contributed by atoms with Gasteiger partial charge in [-0.05, 0) is 19.4 Å². The van der Waals surface area contributed by atoms with E-state index < -0.39 is 11.2 Å². The molecule has 2 nitrogen and oxygen atoms in total. The summed E-state index contributed by atoms with van der Waals surface area (Å²) in [6.07, 6.45) is 0. The van der Waals surface area contributed by atoms with E-state index in [-0.39, 0.29) is 5.78 Å². The lowest BCUT2D eigenvalue weighted by molar-refractivity contribution is -0.119. The number of ketones is 2. The van der Waals surface area contributed by atoms with Crippen LogP contribution in [0, 0.1) is 0 Å². The summed E-state index contributed by atoms with van der Waals surface area (Å²) in [5.74, 6) is -0.820. The van der Waals surface area contributed by atoms with Crippen LogP contribution >= 0.6 is 0 Å². The van der Waals surface area contributed by atoms with E-state index in [1.165, 1.54) is 0 Å². The van der Waals surface area contributed by atoms with Gasteiger partial charge >= 0.3 is 0 Å². The van der Waals surface area contributed by atoms with Crippen LogP contribution in [0.2, 0.25) is 0 Å². The van der Waals surface area contributed by atoms with E-state index in [1.54, 1.807) is 38.1 Å². The van der Waals surface area contributed by atoms with Gasteiger partial charge in [-0.25, -0.2) is 0 Å². The number of rotatable bonds is 4. The van der Waals surface area contributed by atoms with Gasteiger partial charge in [0, 0.05) is 5.56 Å². The van der Waals surface area contributed by atoms with Crippen LogP contribution in [0.3, 0.4) is 0 Å². The number of hydrogen-bond acceptors (Lipinski definition) is 2. The van der Waals surface area contributed by atoms with Crippen LogP contribution in [0.25, 0.3) is 0 Å². The topological polar surface area (TPSA) is 34.1 Å². The molecular weight excluding hydrogens is 236 g/mol. The Kier molecular flexibility index (Phi) is 3.61. The molecule has 0 atom stereocenters. The van der Waals surface area contributed by atoms with Crippen LogP contribution in [-0.2, 0) is 10.2 Å². The molecule has 2 rings (SSSR count). The third-order valence-electron chi connectivity index (χ3n) is 3.31. The Balaban J connectivity index is 2.32. The fourth-order valence-corrected chi connectivity index (χ4v) is 1.99. The zero-order chi connectivity index (χ0) is 13.9. The lowest BCUT2D eigenvalue weighted by Gasteiger charge is -2.22. The lowest BCUT2D eigenvalue weighted by Crippen LogP contribution is -2.35. The van der Waals surface area contributed by atoms with Crippen LogP contribution in [0.15, 0.2) is 60.7 Å². The normalized spacial score (nSPS) is 11.1. The van der Waals surface area contributed by atoms with Crippen LogP contribution in [0.4, 0.5) is 0 Å². The fraction of sp³-hybridized carbons (Fsp3) is 0.176. The number of benzene rings is 2. The molecule has 0 bridgehead atoms. The number of carbonyl (C=O) groups excluding carboxylic acids is 2. The van der Waals surface area contributed by atoms with E-state index in [1.807, 2.05) is 36.4 Å². The average molecular weight is 252 g/mol. The quantitative estimate of drug-likeness (QED) is 0.617. The maximum Gasteiger partial charge on any atom is 0.229 e. The summed E-state index contributed by atoms with van der Waals surface area (Å²) in [6.45, 7) is 3.57. The minimum Gasteiger partial charge on any atom is -0.289 e. The summed E-state index contributed by atoms with van der Waals surface area (Å²) in [4.78, 5) is 24.6. The molecule has 0 aromatic heterocycles. The van der Waals surface area contributed by atoms with Crippen molar-refractivity contribution in [3.8, 4) is 0 Å². The second kappa shape index (κ2) is 5.19. The first-order valence-corrected chi connectivity index (χ1v) is 6.23. The second-order valence-corrected chi connectivity index (χ2v) is 5.02. The Morgan fingerprint density at radius 3 is 1.79 bits per heavy atom. The highest BCUT2D eigenvalue weighted by atomic mass is 16.2. The van der Waals surface area contributed by atoms with Crippen LogP contribution < -0.4 is 0 Å². The smallest absolute Gasteiger partial charge is 0.229 e. The van der Waals surface area contributed by atoms with Crippen molar-refractivity contribution < 1.29 is 9.59 Å². The molecule has 0 saturated heterocycles. The van der Waals surface area contributed by atoms with Gasteiger partial charge in [-0.15, -0.1) is 0 Å². The van der Waals surface area contributed by atoms with Crippen molar-refractivity contribution in [1.82, 2.24) is 0 Å². The summed E-state index contributed by atoms with van der Waals surface area (Å²) in [5.41, 5.74) is 0.481. The highest BCUT2D eigenvalue weighted by molar-refractivity contribution is 6.46. The zero-order valence-electron chi connectivity index (χ0n) is 11.1. The van der Waals surface area contributed by atoms with E-state index in [0.29, 0.717) is 5.56 Å². The van der Waals surface area contributed by atoms with Crippen molar-refractivity contribution in [2.75, 3.05) is 0 Å². The Morgan fingerprint density at radius 2 is 1.26 bits per heavy atom. The van der Waals surface area contributed by atoms with Gasteiger partial charge in [-0.3, -0.25) is 9.59 Å². The molecule has 0 saturated carbocycles. The van der Waals surface area contributed by atoms with Gasteiger partial charge in [0.1, 0.15) is 0 Å². The SMILES string of the molecule is CC(C)(C(=O)C(=O)c1ccccc1)c1ccccc1. The molecule has 19 heavy (non-hydrogen) atoms. The van der Waals surface area contributed by atoms with E-state index in [4.69, 9.17) is 0 Å². The maximum atomic E-state index is 12.4. The molecule has 2 heteroatoms. The van der Waals surface area contributed by atoms with Gasteiger partial charge in [0.25, 0.3) is 0 Å². The molecule has 0 aliphatic heterocycles. The van der Waals surface area contributed by atoms with Gasteiger partial charge in [0.15, 0.2) is 0 Å². The summed E-state index contributed by atoms with van der Waals surface area (Å²) >= 11 is 0. The first-order chi connectivity index (χ1) is 9.03. The first-order valence-electron chi connectivity index (χ1n) is 6.23. The molecule has 2 aromatic rings. The van der Waals surface area contributed by atoms with E-state index in [0.717, 1.165) is 5.56 Å². The molecular formula is C17H16O2. The highest BCUT2D eigenvalue weighted by Crippen LogP contribution is 2.25. The number of Topliss-reactive ketones (excluding diaryl/α,β-unsaturated/α-hetero) is 2. The first kappa shape index (κ1) is 13.2. The van der Waals surface area contributed by atoms with Gasteiger partial charge in [0.2, 0.25) is 11.6 Å². The molecule has 0 unspecified atom stereocenters. The van der Waals surface area contributed by atoms with Crippen LogP contribution in [-0.4, -0.2) is 11.6 Å². The van der Waals surface area contributed by atoms with Crippen molar-refractivity contribution in [3.05, 3.63) is 71.8 Å². The Labute approximate surface area is 113 Å². The monoisotopic (exact) mass is 252 g/mol. The molecule has 96 valence electrons. The standard InChI is InChI=1S/C17H16O2/c1-17(2,14-11-7-4-8-12-14)16(19)15(18)13-9-5-3-6-10-13/h3-12H,1-2H3. The molecule has 0 N–H and O–H groups in total. The lowest BCUT2D eigenvalue weighted by atomic mass is 9.78. The largest absolute Gasteiger partial charge is 0.289 e. The summed E-state index contributed by atoms with van der Waals surface area (Å²) in [6, 6.07) is 18.1. The molecule has 0 spiro atoms. The predicted molar refractivity (Wildman–Crippen MR) is 75.2 cm³/mol. The predicted octanol–water partition coefficient (Wildman–Crippen LogP) is 3.42. The van der Waals surface area contributed by atoms with Gasteiger partial charge in [-0.1, -0.05) is 60.7 Å². The van der Waals surface area contributed by atoms with Crippen molar-refractivity contribution in [1.29, 1.82) is 0 Å². The minimum atomic E-state index is -0.811. The van der Waals surface area contributed by atoms with Gasteiger partial charge < -0.3 is 0 Å². The zero-order valence-corrected chi connectivity index (χ0v) is 11.1. The maximum absolute atomic E-state index is 12.4. The third kappa shape index (κ3) is 2.63. The average Bonchev–Trinajstić information content (AvgIpc) is 2.47. The summed E-state index contributed by atoms with van der Waals surface area (Å²) in [5, 5.41) is 0. The molecule has 0 aliphatic rings. The van der Waals surface area contributed by atoms with Crippen LogP contribution in [0.5, 0.6) is 0 Å².